The normalized spacial score (nSPS) is 12.8. The van der Waals surface area contributed by atoms with Crippen molar-refractivity contribution in [3.8, 4) is 0 Å². The van der Waals surface area contributed by atoms with Crippen LogP contribution in [0.15, 0.2) is 25.0 Å². The van der Waals surface area contributed by atoms with Gasteiger partial charge in [-0.15, -0.1) is 11.7 Å². The molecule has 0 aliphatic rings. The van der Waals surface area contributed by atoms with Crippen LogP contribution in [0.1, 0.15) is 6.92 Å². The number of hydrogen-bond donors (Lipinski definition) is 1. The molecule has 1 unspecified atom stereocenters. The zero-order valence-corrected chi connectivity index (χ0v) is 7.27. The molecule has 1 aromatic heterocycles. The Hall–Kier alpha value is -1.16. The Morgan fingerprint density at radius 1 is 1.75 bits per heavy atom. The molecule has 1 N–H and O–H groups in total. The van der Waals surface area contributed by atoms with Gasteiger partial charge < -0.3 is 5.32 Å². The number of nitrogens with one attached hydrogen (secondary N) is 1. The zero-order chi connectivity index (χ0) is 8.81. The first kappa shape index (κ1) is 8.93. The van der Waals surface area contributed by atoms with Gasteiger partial charge in [-0.1, -0.05) is 11.3 Å². The van der Waals surface area contributed by atoms with E-state index in [1.807, 2.05) is 12.3 Å². The summed E-state index contributed by atoms with van der Waals surface area (Å²) in [5.74, 6) is 0. The van der Waals surface area contributed by atoms with Gasteiger partial charge in [-0.2, -0.15) is 0 Å². The molecule has 0 aromatic carbocycles. The maximum absolute atomic E-state index is 3.84. The fraction of sp³-hybridized carbons (Fsp3) is 0.500. The van der Waals surface area contributed by atoms with E-state index < -0.39 is 0 Å². The summed E-state index contributed by atoms with van der Waals surface area (Å²) in [5.41, 5.74) is 0. The van der Waals surface area contributed by atoms with Crippen LogP contribution >= 0.6 is 0 Å². The minimum absolute atomic E-state index is 0.355. The van der Waals surface area contributed by atoms with E-state index in [4.69, 9.17) is 0 Å². The topological polar surface area (TPSA) is 42.7 Å². The molecule has 0 bridgehead atoms. The summed E-state index contributed by atoms with van der Waals surface area (Å²) < 4.78 is 1.79. The van der Waals surface area contributed by atoms with Gasteiger partial charge in [0.25, 0.3) is 0 Å². The first-order valence-corrected chi connectivity index (χ1v) is 4.03. The Kier molecular flexibility index (Phi) is 3.47. The summed E-state index contributed by atoms with van der Waals surface area (Å²) >= 11 is 0. The van der Waals surface area contributed by atoms with Gasteiger partial charge in [0.15, 0.2) is 0 Å². The number of hydrogen-bond acceptors (Lipinski definition) is 3. The molecule has 1 heterocycles. The van der Waals surface area contributed by atoms with Gasteiger partial charge in [0, 0.05) is 18.8 Å². The molecule has 0 radical (unpaired) electrons. The molecule has 0 fully saturated rings. The summed E-state index contributed by atoms with van der Waals surface area (Å²) in [6.45, 7) is 7.47. The Bertz CT molecular complexity index is 217. The van der Waals surface area contributed by atoms with Crippen molar-refractivity contribution in [3.05, 3.63) is 25.0 Å². The smallest absolute Gasteiger partial charge is 0.0692 e. The highest BCUT2D eigenvalue weighted by Gasteiger charge is 1.94. The van der Waals surface area contributed by atoms with Crippen molar-refractivity contribution in [3.63, 3.8) is 0 Å². The summed E-state index contributed by atoms with van der Waals surface area (Å²) in [7, 11) is 0. The Labute approximate surface area is 72.3 Å². The fourth-order valence-electron chi connectivity index (χ4n) is 0.842. The summed E-state index contributed by atoms with van der Waals surface area (Å²) in [5, 5.41) is 10.8. The van der Waals surface area contributed by atoms with E-state index in [1.165, 1.54) is 0 Å². The first-order chi connectivity index (χ1) is 5.83. The molecule has 1 aromatic rings. The first-order valence-electron chi connectivity index (χ1n) is 4.03. The number of rotatable bonds is 5. The lowest BCUT2D eigenvalue weighted by Crippen LogP contribution is -2.27. The molecule has 0 aliphatic carbocycles. The van der Waals surface area contributed by atoms with Crippen LogP contribution in [0.2, 0.25) is 0 Å². The minimum Gasteiger partial charge on any atom is -0.309 e. The van der Waals surface area contributed by atoms with Crippen molar-refractivity contribution in [2.24, 2.45) is 0 Å². The number of aromatic nitrogens is 3. The van der Waals surface area contributed by atoms with E-state index in [0.717, 1.165) is 13.1 Å². The highest BCUT2D eigenvalue weighted by molar-refractivity contribution is 4.80. The average molecular weight is 166 g/mol. The highest BCUT2D eigenvalue weighted by atomic mass is 15.4. The Morgan fingerprint density at radius 3 is 3.17 bits per heavy atom. The Balaban J connectivity index is 2.15. The molecule has 0 aliphatic heterocycles. The van der Waals surface area contributed by atoms with Crippen molar-refractivity contribution in [2.75, 3.05) is 6.54 Å². The molecule has 12 heavy (non-hydrogen) atoms. The van der Waals surface area contributed by atoms with E-state index in [1.54, 1.807) is 10.9 Å². The minimum atomic E-state index is 0.355. The van der Waals surface area contributed by atoms with Crippen LogP contribution in [0.5, 0.6) is 0 Å². The van der Waals surface area contributed by atoms with Crippen LogP contribution in [-0.4, -0.2) is 27.6 Å². The predicted octanol–water partition coefficient (Wildman–Crippen LogP) is 0.442. The van der Waals surface area contributed by atoms with Gasteiger partial charge in [0.05, 0.1) is 12.7 Å². The lowest BCUT2D eigenvalue weighted by molar-refractivity contribution is 0.523. The second-order valence-corrected chi connectivity index (χ2v) is 2.64. The third-order valence-corrected chi connectivity index (χ3v) is 1.63. The lowest BCUT2D eigenvalue weighted by atomic mass is 10.3. The molecular weight excluding hydrogens is 152 g/mol. The van der Waals surface area contributed by atoms with Crippen LogP contribution in [0.3, 0.4) is 0 Å². The average Bonchev–Trinajstić information content (AvgIpc) is 2.57. The maximum atomic E-state index is 3.84. The molecule has 0 saturated heterocycles. The quantitative estimate of drug-likeness (QED) is 0.645. The summed E-state index contributed by atoms with van der Waals surface area (Å²) in [4.78, 5) is 0. The molecule has 1 atom stereocenters. The van der Waals surface area contributed by atoms with Gasteiger partial charge in [-0.25, -0.2) is 0 Å². The molecule has 0 spiro atoms. The SMILES string of the molecule is C=CC(C)NCCn1ccnn1. The van der Waals surface area contributed by atoms with E-state index in [0.29, 0.717) is 6.04 Å². The van der Waals surface area contributed by atoms with Gasteiger partial charge >= 0.3 is 0 Å². The van der Waals surface area contributed by atoms with Gasteiger partial charge in [0.2, 0.25) is 0 Å². The van der Waals surface area contributed by atoms with Crippen LogP contribution < -0.4 is 5.32 Å². The predicted molar refractivity (Wildman–Crippen MR) is 47.7 cm³/mol. The third-order valence-electron chi connectivity index (χ3n) is 1.63. The molecule has 1 rings (SSSR count). The zero-order valence-electron chi connectivity index (χ0n) is 7.27. The third kappa shape index (κ3) is 2.84. The van der Waals surface area contributed by atoms with Crippen molar-refractivity contribution < 1.29 is 0 Å². The highest BCUT2D eigenvalue weighted by Crippen LogP contribution is 1.83. The van der Waals surface area contributed by atoms with Crippen molar-refractivity contribution >= 4 is 0 Å². The van der Waals surface area contributed by atoms with Crippen molar-refractivity contribution in [1.29, 1.82) is 0 Å². The molecule has 0 saturated carbocycles. The van der Waals surface area contributed by atoms with Crippen molar-refractivity contribution in [2.45, 2.75) is 19.5 Å². The van der Waals surface area contributed by atoms with Crippen LogP contribution in [0, 0.1) is 0 Å². The fourth-order valence-corrected chi connectivity index (χ4v) is 0.842. The maximum Gasteiger partial charge on any atom is 0.0692 e. The summed E-state index contributed by atoms with van der Waals surface area (Å²) in [6, 6.07) is 0.355. The van der Waals surface area contributed by atoms with Gasteiger partial charge in [-0.05, 0) is 6.92 Å². The van der Waals surface area contributed by atoms with E-state index in [9.17, 15) is 0 Å². The second kappa shape index (κ2) is 4.66. The van der Waals surface area contributed by atoms with Crippen LogP contribution in [0.25, 0.3) is 0 Å². The molecule has 66 valence electrons. The molecule has 0 amide bonds. The second-order valence-electron chi connectivity index (χ2n) is 2.64. The van der Waals surface area contributed by atoms with Crippen LogP contribution in [-0.2, 0) is 6.54 Å². The van der Waals surface area contributed by atoms with Gasteiger partial charge in [-0.3, -0.25) is 4.68 Å². The van der Waals surface area contributed by atoms with E-state index >= 15 is 0 Å². The lowest BCUT2D eigenvalue weighted by Gasteiger charge is -2.07. The van der Waals surface area contributed by atoms with E-state index in [-0.39, 0.29) is 0 Å². The monoisotopic (exact) mass is 166 g/mol. The van der Waals surface area contributed by atoms with Crippen molar-refractivity contribution in [1.82, 2.24) is 20.3 Å². The molecule has 4 heteroatoms. The molecule has 4 nitrogen and oxygen atoms in total. The van der Waals surface area contributed by atoms with E-state index in [2.05, 4.69) is 29.1 Å². The number of nitrogens with zero attached hydrogens (tertiary/aromatic N) is 3. The molecular formula is C8H14N4. The summed E-state index contributed by atoms with van der Waals surface area (Å²) in [6.07, 6.45) is 5.40. The largest absolute Gasteiger partial charge is 0.309 e. The van der Waals surface area contributed by atoms with Crippen LogP contribution in [0.4, 0.5) is 0 Å². The van der Waals surface area contributed by atoms with Gasteiger partial charge in [0.1, 0.15) is 0 Å². The Morgan fingerprint density at radius 2 is 2.58 bits per heavy atom. The standard InChI is InChI=1S/C8H14N4/c1-3-8(2)9-4-6-12-7-5-10-11-12/h3,5,7-9H,1,4,6H2,2H3.